The van der Waals surface area contributed by atoms with Crippen molar-refractivity contribution in [2.45, 2.75) is 38.3 Å². The van der Waals surface area contributed by atoms with Gasteiger partial charge >= 0.3 is 0 Å². The fourth-order valence-electron chi connectivity index (χ4n) is 2.43. The molecule has 0 saturated carbocycles. The second-order valence-electron chi connectivity index (χ2n) is 4.72. The van der Waals surface area contributed by atoms with E-state index in [1.165, 1.54) is 12.0 Å². The third-order valence-corrected chi connectivity index (χ3v) is 3.60. The van der Waals surface area contributed by atoms with Gasteiger partial charge in [0.15, 0.2) is 0 Å². The van der Waals surface area contributed by atoms with Crippen molar-refractivity contribution in [3.05, 3.63) is 35.9 Å². The lowest BCUT2D eigenvalue weighted by Gasteiger charge is -2.22. The normalized spacial score (nSPS) is 26.1. The molecule has 0 bridgehead atoms. The lowest BCUT2D eigenvalue weighted by Crippen LogP contribution is -2.33. The molecule has 2 unspecified atom stereocenters. The average molecular weight is 219 g/mol. The third-order valence-electron chi connectivity index (χ3n) is 3.60. The Morgan fingerprint density at radius 1 is 1.31 bits per heavy atom. The third kappa shape index (κ3) is 2.83. The highest BCUT2D eigenvalue weighted by atomic mass is 16.3. The first kappa shape index (κ1) is 11.6. The minimum Gasteiger partial charge on any atom is -0.391 e. The molecule has 2 rings (SSSR count). The van der Waals surface area contributed by atoms with E-state index in [-0.39, 0.29) is 6.10 Å². The molecule has 1 aromatic carbocycles. The zero-order valence-corrected chi connectivity index (χ0v) is 9.97. The van der Waals surface area contributed by atoms with Crippen molar-refractivity contribution in [3.63, 3.8) is 0 Å². The Balaban J connectivity index is 1.73. The largest absolute Gasteiger partial charge is 0.391 e. The second kappa shape index (κ2) is 5.46. The lowest BCUT2D eigenvalue weighted by atomic mass is 10.1. The summed E-state index contributed by atoms with van der Waals surface area (Å²) >= 11 is 0. The SMILES string of the molecule is CC1C(O)CCN1CCCc1ccccc1. The number of rotatable bonds is 4. The smallest absolute Gasteiger partial charge is 0.0704 e. The molecule has 1 aliphatic rings. The Morgan fingerprint density at radius 3 is 2.69 bits per heavy atom. The van der Waals surface area contributed by atoms with Gasteiger partial charge in [0.25, 0.3) is 0 Å². The van der Waals surface area contributed by atoms with Gasteiger partial charge in [-0.1, -0.05) is 30.3 Å². The van der Waals surface area contributed by atoms with Crippen LogP contribution in [-0.4, -0.2) is 35.2 Å². The molecular formula is C14H21NO. The van der Waals surface area contributed by atoms with Gasteiger partial charge in [-0.05, 0) is 38.3 Å². The fourth-order valence-corrected chi connectivity index (χ4v) is 2.43. The molecule has 0 aromatic heterocycles. The van der Waals surface area contributed by atoms with Crippen LogP contribution in [0, 0.1) is 0 Å². The maximum Gasteiger partial charge on any atom is 0.0704 e. The summed E-state index contributed by atoms with van der Waals surface area (Å²) in [5.74, 6) is 0. The van der Waals surface area contributed by atoms with Crippen LogP contribution in [0.4, 0.5) is 0 Å². The number of hydrogen-bond donors (Lipinski definition) is 1. The molecule has 0 amide bonds. The first-order valence-corrected chi connectivity index (χ1v) is 6.23. The molecule has 88 valence electrons. The van der Waals surface area contributed by atoms with Crippen LogP contribution in [0.1, 0.15) is 25.3 Å². The fraction of sp³-hybridized carbons (Fsp3) is 0.571. The van der Waals surface area contributed by atoms with E-state index in [9.17, 15) is 5.11 Å². The highest BCUT2D eigenvalue weighted by Crippen LogP contribution is 2.17. The quantitative estimate of drug-likeness (QED) is 0.838. The highest BCUT2D eigenvalue weighted by molar-refractivity contribution is 5.14. The number of benzene rings is 1. The number of nitrogens with zero attached hydrogens (tertiary/aromatic N) is 1. The first-order valence-electron chi connectivity index (χ1n) is 6.23. The molecule has 1 aliphatic heterocycles. The van der Waals surface area contributed by atoms with Crippen molar-refractivity contribution in [1.82, 2.24) is 4.90 Å². The number of aliphatic hydroxyl groups excluding tert-OH is 1. The molecule has 2 atom stereocenters. The van der Waals surface area contributed by atoms with Crippen LogP contribution in [0.15, 0.2) is 30.3 Å². The van der Waals surface area contributed by atoms with E-state index in [0.29, 0.717) is 6.04 Å². The predicted molar refractivity (Wildman–Crippen MR) is 66.4 cm³/mol. The van der Waals surface area contributed by atoms with Crippen molar-refractivity contribution in [3.8, 4) is 0 Å². The number of aryl methyl sites for hydroxylation is 1. The van der Waals surface area contributed by atoms with E-state index >= 15 is 0 Å². The Morgan fingerprint density at radius 2 is 2.06 bits per heavy atom. The van der Waals surface area contributed by atoms with Crippen molar-refractivity contribution < 1.29 is 5.11 Å². The van der Waals surface area contributed by atoms with Crippen LogP contribution >= 0.6 is 0 Å². The molecule has 1 saturated heterocycles. The van der Waals surface area contributed by atoms with Gasteiger partial charge in [0.1, 0.15) is 0 Å². The van der Waals surface area contributed by atoms with E-state index in [1.54, 1.807) is 0 Å². The van der Waals surface area contributed by atoms with Gasteiger partial charge in [0, 0.05) is 12.6 Å². The Kier molecular flexibility index (Phi) is 3.97. The van der Waals surface area contributed by atoms with Gasteiger partial charge in [-0.15, -0.1) is 0 Å². The topological polar surface area (TPSA) is 23.5 Å². The van der Waals surface area contributed by atoms with Crippen LogP contribution in [-0.2, 0) is 6.42 Å². The maximum absolute atomic E-state index is 9.64. The minimum atomic E-state index is -0.114. The minimum absolute atomic E-state index is 0.114. The van der Waals surface area contributed by atoms with Crippen molar-refractivity contribution in [2.75, 3.05) is 13.1 Å². The van der Waals surface area contributed by atoms with Crippen LogP contribution in [0.3, 0.4) is 0 Å². The van der Waals surface area contributed by atoms with E-state index in [2.05, 4.69) is 42.2 Å². The molecule has 16 heavy (non-hydrogen) atoms. The number of aliphatic hydroxyl groups is 1. The number of likely N-dealkylation sites (tertiary alicyclic amines) is 1. The highest BCUT2D eigenvalue weighted by Gasteiger charge is 2.27. The van der Waals surface area contributed by atoms with Crippen molar-refractivity contribution in [1.29, 1.82) is 0 Å². The second-order valence-corrected chi connectivity index (χ2v) is 4.72. The average Bonchev–Trinajstić information content (AvgIpc) is 2.62. The first-order chi connectivity index (χ1) is 7.77. The van der Waals surface area contributed by atoms with Gasteiger partial charge < -0.3 is 5.11 Å². The van der Waals surface area contributed by atoms with Gasteiger partial charge in [-0.2, -0.15) is 0 Å². The van der Waals surface area contributed by atoms with Gasteiger partial charge in [0.2, 0.25) is 0 Å². The van der Waals surface area contributed by atoms with Crippen molar-refractivity contribution in [2.24, 2.45) is 0 Å². The van der Waals surface area contributed by atoms with Crippen LogP contribution in [0.2, 0.25) is 0 Å². The molecular weight excluding hydrogens is 198 g/mol. The predicted octanol–water partition coefficient (Wildman–Crippen LogP) is 2.07. The summed E-state index contributed by atoms with van der Waals surface area (Å²) in [6.45, 7) is 4.28. The zero-order valence-electron chi connectivity index (χ0n) is 9.97. The van der Waals surface area contributed by atoms with Gasteiger partial charge in [-0.3, -0.25) is 4.90 Å². The summed E-state index contributed by atoms with van der Waals surface area (Å²) in [6, 6.07) is 11.0. The standard InChI is InChI=1S/C14H21NO/c1-12-14(16)9-11-15(12)10-5-8-13-6-3-2-4-7-13/h2-4,6-7,12,14,16H,5,8-11H2,1H3. The molecule has 2 heteroatoms. The zero-order chi connectivity index (χ0) is 11.4. The summed E-state index contributed by atoms with van der Waals surface area (Å²) in [5, 5.41) is 9.64. The van der Waals surface area contributed by atoms with Crippen LogP contribution < -0.4 is 0 Å². The van der Waals surface area contributed by atoms with E-state index in [4.69, 9.17) is 0 Å². The van der Waals surface area contributed by atoms with Gasteiger partial charge in [0.05, 0.1) is 6.10 Å². The molecule has 1 heterocycles. The molecule has 0 radical (unpaired) electrons. The molecule has 0 aliphatic carbocycles. The monoisotopic (exact) mass is 219 g/mol. The molecule has 1 aromatic rings. The lowest BCUT2D eigenvalue weighted by molar-refractivity contribution is 0.126. The Labute approximate surface area is 97.9 Å². The molecule has 2 nitrogen and oxygen atoms in total. The van der Waals surface area contributed by atoms with Crippen LogP contribution in [0.5, 0.6) is 0 Å². The molecule has 0 spiro atoms. The van der Waals surface area contributed by atoms with E-state index in [1.807, 2.05) is 0 Å². The van der Waals surface area contributed by atoms with Crippen LogP contribution in [0.25, 0.3) is 0 Å². The summed E-state index contributed by atoms with van der Waals surface area (Å²) in [5.41, 5.74) is 1.41. The van der Waals surface area contributed by atoms with Gasteiger partial charge in [-0.25, -0.2) is 0 Å². The summed E-state index contributed by atoms with van der Waals surface area (Å²) in [4.78, 5) is 2.40. The Hall–Kier alpha value is -0.860. The molecule has 1 N–H and O–H groups in total. The maximum atomic E-state index is 9.64. The summed E-state index contributed by atoms with van der Waals surface area (Å²) in [7, 11) is 0. The molecule has 1 fully saturated rings. The summed E-state index contributed by atoms with van der Waals surface area (Å²) in [6.07, 6.45) is 3.14. The Bertz CT molecular complexity index is 312. The van der Waals surface area contributed by atoms with E-state index < -0.39 is 0 Å². The summed E-state index contributed by atoms with van der Waals surface area (Å²) < 4.78 is 0. The van der Waals surface area contributed by atoms with E-state index in [0.717, 1.165) is 25.9 Å². The number of hydrogen-bond acceptors (Lipinski definition) is 2. The van der Waals surface area contributed by atoms with Crippen molar-refractivity contribution >= 4 is 0 Å².